The molecule has 26 heavy (non-hydrogen) atoms. The maximum Gasteiger partial charge on any atom is 0.317 e. The summed E-state index contributed by atoms with van der Waals surface area (Å²) in [6.45, 7) is 9.72. The Kier molecular flexibility index (Phi) is 5.96. The van der Waals surface area contributed by atoms with E-state index in [9.17, 15) is 4.79 Å². The fourth-order valence-electron chi connectivity index (χ4n) is 4.53. The minimum absolute atomic E-state index is 0.0534. The number of likely N-dealkylation sites (tertiary alicyclic amines) is 1. The lowest BCUT2D eigenvalue weighted by Crippen LogP contribution is -2.59. The number of aromatic nitrogens is 2. The molecule has 2 heterocycles. The molecule has 0 saturated carbocycles. The Morgan fingerprint density at radius 2 is 2.12 bits per heavy atom. The average Bonchev–Trinajstić information content (AvgIpc) is 2.61. The quantitative estimate of drug-likeness (QED) is 0.834. The van der Waals surface area contributed by atoms with Gasteiger partial charge in [0.15, 0.2) is 0 Å². The summed E-state index contributed by atoms with van der Waals surface area (Å²) in [5, 5.41) is 3.27. The van der Waals surface area contributed by atoms with Crippen LogP contribution in [0.4, 0.5) is 10.7 Å². The van der Waals surface area contributed by atoms with E-state index in [1.54, 1.807) is 0 Å². The fourth-order valence-corrected chi connectivity index (χ4v) is 4.53. The van der Waals surface area contributed by atoms with Crippen molar-refractivity contribution in [2.24, 2.45) is 5.92 Å². The molecule has 3 N–H and O–H groups in total. The molecule has 1 saturated heterocycles. The van der Waals surface area contributed by atoms with E-state index >= 15 is 0 Å². The van der Waals surface area contributed by atoms with Crippen molar-refractivity contribution >= 4 is 12.0 Å². The summed E-state index contributed by atoms with van der Waals surface area (Å²) in [5.74, 6) is 0.855. The number of carbonyl (C=O) groups excluding carboxylic acids is 1. The second kappa shape index (κ2) is 8.20. The zero-order valence-electron chi connectivity index (χ0n) is 16.2. The molecule has 1 aliphatic carbocycles. The van der Waals surface area contributed by atoms with Gasteiger partial charge in [-0.2, -0.15) is 0 Å². The maximum absolute atomic E-state index is 12.5. The molecular formula is C19H32N6O. The van der Waals surface area contributed by atoms with Gasteiger partial charge in [0.25, 0.3) is 0 Å². The molecule has 2 amide bonds. The second-order valence-electron chi connectivity index (χ2n) is 7.49. The molecule has 1 aromatic rings. The van der Waals surface area contributed by atoms with E-state index in [0.717, 1.165) is 57.6 Å². The Labute approximate surface area is 156 Å². The molecule has 7 nitrogen and oxygen atoms in total. The Morgan fingerprint density at radius 3 is 2.81 bits per heavy atom. The van der Waals surface area contributed by atoms with E-state index in [1.807, 2.05) is 24.9 Å². The van der Waals surface area contributed by atoms with Crippen LogP contribution < -0.4 is 11.1 Å². The molecule has 1 aromatic heterocycles. The van der Waals surface area contributed by atoms with Crippen LogP contribution in [0.15, 0.2) is 6.20 Å². The lowest BCUT2D eigenvalue weighted by Gasteiger charge is -2.47. The van der Waals surface area contributed by atoms with Crippen molar-refractivity contribution in [1.82, 2.24) is 25.1 Å². The monoisotopic (exact) mass is 360 g/mol. The zero-order chi connectivity index (χ0) is 18.7. The predicted molar refractivity (Wildman–Crippen MR) is 103 cm³/mol. The highest BCUT2D eigenvalue weighted by atomic mass is 16.2. The maximum atomic E-state index is 12.5. The Balaban J connectivity index is 1.75. The lowest BCUT2D eigenvalue weighted by molar-refractivity contribution is 0.0627. The average molecular weight is 361 g/mol. The lowest BCUT2D eigenvalue weighted by atomic mass is 9.76. The first kappa shape index (κ1) is 18.9. The van der Waals surface area contributed by atoms with E-state index in [1.165, 1.54) is 5.56 Å². The SMILES string of the molecule is CCCN1C[C@@H](NC(=O)N(CC)CC)C[C@@H]2Cc3nc(N)ncc3C[C@H]21. The van der Waals surface area contributed by atoms with E-state index in [2.05, 4.69) is 27.1 Å². The van der Waals surface area contributed by atoms with Gasteiger partial charge in [-0.15, -0.1) is 0 Å². The van der Waals surface area contributed by atoms with Crippen LogP contribution in [-0.4, -0.2) is 64.1 Å². The van der Waals surface area contributed by atoms with Gasteiger partial charge < -0.3 is 16.0 Å². The van der Waals surface area contributed by atoms with Crippen molar-refractivity contribution in [2.75, 3.05) is 31.9 Å². The molecule has 3 atom stereocenters. The summed E-state index contributed by atoms with van der Waals surface area (Å²) in [6, 6.07) is 0.755. The van der Waals surface area contributed by atoms with Crippen LogP contribution in [0.2, 0.25) is 0 Å². The molecule has 0 spiro atoms. The number of rotatable bonds is 5. The van der Waals surface area contributed by atoms with Crippen LogP contribution in [0.25, 0.3) is 0 Å². The van der Waals surface area contributed by atoms with Crippen LogP contribution in [0, 0.1) is 5.92 Å². The smallest absolute Gasteiger partial charge is 0.317 e. The highest BCUT2D eigenvalue weighted by molar-refractivity contribution is 5.74. The minimum Gasteiger partial charge on any atom is -0.368 e. The van der Waals surface area contributed by atoms with Crippen LogP contribution in [-0.2, 0) is 12.8 Å². The molecule has 0 radical (unpaired) electrons. The summed E-state index contributed by atoms with van der Waals surface area (Å²) in [4.78, 5) is 25.6. The first-order chi connectivity index (χ1) is 12.5. The number of carbonyl (C=O) groups is 1. The number of urea groups is 1. The summed E-state index contributed by atoms with van der Waals surface area (Å²) in [7, 11) is 0. The normalized spacial score (nSPS) is 25.3. The fraction of sp³-hybridized carbons (Fsp3) is 0.737. The Hall–Kier alpha value is -1.89. The number of fused-ring (bicyclic) bond motifs is 2. The highest BCUT2D eigenvalue weighted by Gasteiger charge is 2.40. The van der Waals surface area contributed by atoms with Gasteiger partial charge in [0.05, 0.1) is 0 Å². The van der Waals surface area contributed by atoms with Crippen LogP contribution in [0.5, 0.6) is 0 Å². The van der Waals surface area contributed by atoms with E-state index in [0.29, 0.717) is 17.9 Å². The number of nitrogens with two attached hydrogens (primary N) is 1. The molecular weight excluding hydrogens is 328 g/mol. The zero-order valence-corrected chi connectivity index (χ0v) is 16.2. The number of hydrogen-bond acceptors (Lipinski definition) is 5. The number of anilines is 1. The minimum atomic E-state index is 0.0534. The molecule has 144 valence electrons. The highest BCUT2D eigenvalue weighted by Crippen LogP contribution is 2.34. The van der Waals surface area contributed by atoms with Crippen molar-refractivity contribution in [2.45, 2.75) is 58.5 Å². The first-order valence-electron chi connectivity index (χ1n) is 9.95. The van der Waals surface area contributed by atoms with Crippen molar-refractivity contribution in [3.63, 3.8) is 0 Å². The molecule has 7 heteroatoms. The third-order valence-electron chi connectivity index (χ3n) is 5.80. The summed E-state index contributed by atoms with van der Waals surface area (Å²) in [6.07, 6.45) is 5.92. The van der Waals surface area contributed by atoms with Crippen LogP contribution >= 0.6 is 0 Å². The van der Waals surface area contributed by atoms with Crippen molar-refractivity contribution < 1.29 is 4.79 Å². The van der Waals surface area contributed by atoms with Gasteiger partial charge in [0.2, 0.25) is 5.95 Å². The number of amides is 2. The number of piperidine rings is 1. The Morgan fingerprint density at radius 1 is 1.35 bits per heavy atom. The summed E-state index contributed by atoms with van der Waals surface area (Å²) < 4.78 is 0. The van der Waals surface area contributed by atoms with Gasteiger partial charge in [0.1, 0.15) is 0 Å². The van der Waals surface area contributed by atoms with E-state index in [-0.39, 0.29) is 12.1 Å². The number of nitrogens with zero attached hydrogens (tertiary/aromatic N) is 4. The van der Waals surface area contributed by atoms with Crippen LogP contribution in [0.3, 0.4) is 0 Å². The third-order valence-corrected chi connectivity index (χ3v) is 5.80. The predicted octanol–water partition coefficient (Wildman–Crippen LogP) is 1.68. The molecule has 1 aliphatic heterocycles. The van der Waals surface area contributed by atoms with Gasteiger partial charge >= 0.3 is 6.03 Å². The number of nitrogens with one attached hydrogen (secondary N) is 1. The molecule has 0 unspecified atom stereocenters. The second-order valence-corrected chi connectivity index (χ2v) is 7.49. The van der Waals surface area contributed by atoms with Crippen molar-refractivity contribution in [3.05, 3.63) is 17.5 Å². The summed E-state index contributed by atoms with van der Waals surface area (Å²) in [5.41, 5.74) is 8.10. The Bertz CT molecular complexity index is 632. The first-order valence-corrected chi connectivity index (χ1v) is 9.95. The van der Waals surface area contributed by atoms with Gasteiger partial charge in [-0.05, 0) is 57.6 Å². The topological polar surface area (TPSA) is 87.4 Å². The van der Waals surface area contributed by atoms with Crippen molar-refractivity contribution in [1.29, 1.82) is 0 Å². The van der Waals surface area contributed by atoms with Gasteiger partial charge in [-0.1, -0.05) is 6.92 Å². The largest absolute Gasteiger partial charge is 0.368 e. The molecule has 2 aliphatic rings. The van der Waals surface area contributed by atoms with Gasteiger partial charge in [-0.25, -0.2) is 14.8 Å². The molecule has 0 aromatic carbocycles. The van der Waals surface area contributed by atoms with Gasteiger partial charge in [-0.3, -0.25) is 4.90 Å². The van der Waals surface area contributed by atoms with Gasteiger partial charge in [0, 0.05) is 43.6 Å². The standard InChI is InChI=1S/C19H32N6O/c1-4-7-25-12-15(22-19(26)24(5-2)6-3)8-13-9-16-14(10-17(13)25)11-21-18(20)23-16/h11,13,15,17H,4-10,12H2,1-3H3,(H,22,26)(H2,20,21,23)/t13-,15+,17-/m1/s1. The summed E-state index contributed by atoms with van der Waals surface area (Å²) >= 11 is 0. The van der Waals surface area contributed by atoms with E-state index in [4.69, 9.17) is 5.73 Å². The van der Waals surface area contributed by atoms with Crippen molar-refractivity contribution in [3.8, 4) is 0 Å². The van der Waals surface area contributed by atoms with Crippen LogP contribution in [0.1, 0.15) is 44.9 Å². The molecule has 0 bridgehead atoms. The van der Waals surface area contributed by atoms with E-state index < -0.39 is 0 Å². The third kappa shape index (κ3) is 3.92. The number of hydrogen-bond donors (Lipinski definition) is 2. The molecule has 3 rings (SSSR count). The number of nitrogen functional groups attached to an aromatic ring is 1. The molecule has 1 fully saturated rings.